The molecular weight excluding hydrogens is 327 g/mol. The van der Waals surface area contributed by atoms with Crippen molar-refractivity contribution in [3.8, 4) is 0 Å². The van der Waals surface area contributed by atoms with Gasteiger partial charge >= 0.3 is 21.7 Å². The van der Waals surface area contributed by atoms with Crippen molar-refractivity contribution in [1.82, 2.24) is 5.32 Å². The minimum atomic E-state index is -5.69. The van der Waals surface area contributed by atoms with Gasteiger partial charge in [-0.1, -0.05) is 0 Å². The van der Waals surface area contributed by atoms with E-state index in [1.807, 2.05) is 0 Å². The highest BCUT2D eigenvalue weighted by molar-refractivity contribution is 7.87. The van der Waals surface area contributed by atoms with Crippen molar-refractivity contribution in [2.24, 2.45) is 0 Å². The number of alkyl halides is 3. The summed E-state index contributed by atoms with van der Waals surface area (Å²) in [5.41, 5.74) is -6.20. The number of ether oxygens (including phenoxy) is 1. The van der Waals surface area contributed by atoms with Crippen molar-refractivity contribution >= 4 is 16.2 Å². The second-order valence-electron chi connectivity index (χ2n) is 5.78. The van der Waals surface area contributed by atoms with Gasteiger partial charge in [0, 0.05) is 12.5 Å². The molecule has 0 fully saturated rings. The molecule has 1 atom stereocenters. The van der Waals surface area contributed by atoms with E-state index in [9.17, 15) is 26.4 Å². The number of amides is 1. The molecule has 6 nitrogen and oxygen atoms in total. The van der Waals surface area contributed by atoms with Crippen molar-refractivity contribution < 1.29 is 35.3 Å². The van der Waals surface area contributed by atoms with Crippen LogP contribution in [0.2, 0.25) is 0 Å². The fraction of sp³-hybridized carbons (Fsp3) is 0.750. The smallest absolute Gasteiger partial charge is 0.444 e. The molecule has 0 aromatic heterocycles. The number of hydrogen-bond donors (Lipinski definition) is 1. The normalized spacial score (nSPS) is 20.1. The van der Waals surface area contributed by atoms with Gasteiger partial charge in [-0.05, 0) is 39.7 Å². The quantitative estimate of drug-likeness (QED) is 0.628. The highest BCUT2D eigenvalue weighted by atomic mass is 32.2. The van der Waals surface area contributed by atoms with Crippen LogP contribution in [0.3, 0.4) is 0 Å². The number of nitrogens with one attached hydrogen (secondary N) is 1. The highest BCUT2D eigenvalue weighted by Gasteiger charge is 2.49. The maximum absolute atomic E-state index is 12.3. The summed E-state index contributed by atoms with van der Waals surface area (Å²) in [6.07, 6.45) is 1.10. The van der Waals surface area contributed by atoms with Gasteiger partial charge in [0.1, 0.15) is 11.4 Å². The third-order valence-corrected chi connectivity index (χ3v) is 3.56. The Morgan fingerprint density at radius 3 is 2.41 bits per heavy atom. The molecular formula is C12H18F3NO5S. The van der Waals surface area contributed by atoms with Gasteiger partial charge in [0.05, 0.1) is 0 Å². The predicted molar refractivity (Wildman–Crippen MR) is 71.2 cm³/mol. The van der Waals surface area contributed by atoms with E-state index in [0.29, 0.717) is 6.42 Å². The van der Waals surface area contributed by atoms with Crippen LogP contribution in [-0.2, 0) is 19.0 Å². The van der Waals surface area contributed by atoms with E-state index in [1.165, 1.54) is 6.08 Å². The summed E-state index contributed by atoms with van der Waals surface area (Å²) in [5, 5.41) is 2.47. The predicted octanol–water partition coefficient (Wildman–Crippen LogP) is 2.81. The first kappa shape index (κ1) is 18.6. The molecule has 0 spiro atoms. The monoisotopic (exact) mass is 345 g/mol. The molecule has 1 amide bonds. The number of halogens is 3. The van der Waals surface area contributed by atoms with Crippen molar-refractivity contribution in [2.45, 2.75) is 57.2 Å². The zero-order valence-electron chi connectivity index (χ0n) is 12.4. The summed E-state index contributed by atoms with van der Waals surface area (Å²) < 4.78 is 67.7. The Bertz CT molecular complexity index is 548. The average Bonchev–Trinajstić information content (AvgIpc) is 2.23. The zero-order chi connectivity index (χ0) is 17.2. The Labute approximate surface area is 126 Å². The molecule has 0 radical (unpaired) electrons. The number of hydrogen-bond acceptors (Lipinski definition) is 5. The lowest BCUT2D eigenvalue weighted by Gasteiger charge is -2.26. The largest absolute Gasteiger partial charge is 0.534 e. The molecule has 0 bridgehead atoms. The van der Waals surface area contributed by atoms with Gasteiger partial charge in [0.15, 0.2) is 0 Å². The molecule has 0 aliphatic heterocycles. The van der Waals surface area contributed by atoms with Crippen LogP contribution in [0.25, 0.3) is 0 Å². The Kier molecular flexibility index (Phi) is 5.37. The zero-order valence-corrected chi connectivity index (χ0v) is 13.2. The summed E-state index contributed by atoms with van der Waals surface area (Å²) >= 11 is 0. The van der Waals surface area contributed by atoms with Crippen molar-refractivity contribution in [2.75, 3.05) is 0 Å². The van der Waals surface area contributed by atoms with Gasteiger partial charge in [-0.15, -0.1) is 0 Å². The first-order valence-electron chi connectivity index (χ1n) is 6.49. The summed E-state index contributed by atoms with van der Waals surface area (Å²) in [5.74, 6) is -0.343. The summed E-state index contributed by atoms with van der Waals surface area (Å²) in [6, 6.07) is -0.557. The number of alkyl carbamates (subject to hydrolysis) is 1. The lowest BCUT2D eigenvalue weighted by atomic mass is 10.0. The van der Waals surface area contributed by atoms with Gasteiger partial charge in [0.2, 0.25) is 0 Å². The minimum absolute atomic E-state index is 0.158. The van der Waals surface area contributed by atoms with Gasteiger partial charge in [0.25, 0.3) is 0 Å². The number of carbonyl (C=O) groups excluding carboxylic acids is 1. The van der Waals surface area contributed by atoms with Crippen LogP contribution in [0.4, 0.5) is 18.0 Å². The maximum atomic E-state index is 12.3. The maximum Gasteiger partial charge on any atom is 0.534 e. The molecule has 1 N–H and O–H groups in total. The first-order valence-corrected chi connectivity index (χ1v) is 7.90. The van der Waals surface area contributed by atoms with Crippen molar-refractivity contribution in [1.29, 1.82) is 0 Å². The highest BCUT2D eigenvalue weighted by Crippen LogP contribution is 2.29. The van der Waals surface area contributed by atoms with Crippen molar-refractivity contribution in [3.63, 3.8) is 0 Å². The van der Waals surface area contributed by atoms with Crippen LogP contribution in [0.5, 0.6) is 0 Å². The molecule has 0 aromatic rings. The first-order chi connectivity index (χ1) is 9.80. The van der Waals surface area contributed by atoms with Crippen molar-refractivity contribution in [3.05, 3.63) is 11.8 Å². The van der Waals surface area contributed by atoms with Crippen LogP contribution >= 0.6 is 0 Å². The van der Waals surface area contributed by atoms with E-state index in [4.69, 9.17) is 4.74 Å². The standard InChI is InChI=1S/C12H18F3NO5S/c1-11(2,3)20-10(17)16-8-5-4-6-9(7-8)21-22(18,19)12(13,14)15/h6,8H,4-5,7H2,1-3H3,(H,16,17). The topological polar surface area (TPSA) is 81.7 Å². The second-order valence-corrected chi connectivity index (χ2v) is 7.32. The second kappa shape index (κ2) is 6.35. The molecule has 22 heavy (non-hydrogen) atoms. The third kappa shape index (κ3) is 5.74. The van der Waals surface area contributed by atoms with E-state index >= 15 is 0 Å². The Morgan fingerprint density at radius 2 is 1.91 bits per heavy atom. The molecule has 1 aliphatic carbocycles. The number of carbonyl (C=O) groups is 1. The van der Waals surface area contributed by atoms with Gasteiger partial charge < -0.3 is 14.2 Å². The average molecular weight is 345 g/mol. The van der Waals surface area contributed by atoms with Gasteiger partial charge in [-0.3, -0.25) is 0 Å². The fourth-order valence-corrected chi connectivity index (χ4v) is 2.24. The van der Waals surface area contributed by atoms with Crippen LogP contribution < -0.4 is 5.32 Å². The van der Waals surface area contributed by atoms with E-state index in [2.05, 4.69) is 9.50 Å². The molecule has 1 rings (SSSR count). The van der Waals surface area contributed by atoms with E-state index in [-0.39, 0.29) is 18.6 Å². The Balaban J connectivity index is 2.62. The Hall–Kier alpha value is -1.45. The molecule has 10 heteroatoms. The van der Waals surface area contributed by atoms with Gasteiger partial charge in [-0.2, -0.15) is 21.6 Å². The van der Waals surface area contributed by atoms with Gasteiger partial charge in [-0.25, -0.2) is 4.79 Å². The van der Waals surface area contributed by atoms with E-state index < -0.39 is 33.4 Å². The molecule has 1 unspecified atom stereocenters. The minimum Gasteiger partial charge on any atom is -0.444 e. The molecule has 0 aromatic carbocycles. The summed E-state index contributed by atoms with van der Waals surface area (Å²) in [7, 11) is -5.69. The van der Waals surface area contributed by atoms with Crippen LogP contribution in [-0.4, -0.2) is 31.7 Å². The Morgan fingerprint density at radius 1 is 1.32 bits per heavy atom. The van der Waals surface area contributed by atoms with Crippen LogP contribution in [0.15, 0.2) is 11.8 Å². The lowest BCUT2D eigenvalue weighted by molar-refractivity contribution is -0.0525. The number of allylic oxidation sites excluding steroid dienone is 1. The van der Waals surface area contributed by atoms with E-state index in [1.54, 1.807) is 20.8 Å². The van der Waals surface area contributed by atoms with Crippen LogP contribution in [0.1, 0.15) is 40.0 Å². The fourth-order valence-electron chi connectivity index (χ4n) is 1.73. The molecule has 0 heterocycles. The SMILES string of the molecule is CC(C)(C)OC(=O)NC1CCC=C(OS(=O)(=O)C(F)(F)F)C1. The molecule has 1 aliphatic rings. The summed E-state index contributed by atoms with van der Waals surface area (Å²) in [6.45, 7) is 4.99. The lowest BCUT2D eigenvalue weighted by Crippen LogP contribution is -2.40. The molecule has 128 valence electrons. The number of rotatable bonds is 3. The van der Waals surface area contributed by atoms with Crippen LogP contribution in [0, 0.1) is 0 Å². The third-order valence-electron chi connectivity index (χ3n) is 2.56. The molecule has 0 saturated carbocycles. The summed E-state index contributed by atoms with van der Waals surface area (Å²) in [4.78, 5) is 11.6. The van der Waals surface area contributed by atoms with E-state index in [0.717, 1.165) is 0 Å². The molecule has 0 saturated heterocycles.